The Balaban J connectivity index is 1.61. The number of fused-ring (bicyclic) bond motifs is 1. The number of benzene rings is 1. The first-order valence-electron chi connectivity index (χ1n) is 10.2. The van der Waals surface area contributed by atoms with E-state index in [9.17, 15) is 29.4 Å². The van der Waals surface area contributed by atoms with Gasteiger partial charge in [0.25, 0.3) is 11.5 Å². The van der Waals surface area contributed by atoms with Crippen molar-refractivity contribution in [2.24, 2.45) is 0 Å². The molecule has 2 atom stereocenters. The van der Waals surface area contributed by atoms with Crippen LogP contribution in [0.25, 0.3) is 11.0 Å². The monoisotopic (exact) mass is 480 g/mol. The third-order valence-corrected chi connectivity index (χ3v) is 6.73. The lowest BCUT2D eigenvalue weighted by Gasteiger charge is -2.16. The van der Waals surface area contributed by atoms with Gasteiger partial charge in [-0.25, -0.2) is 14.6 Å². The van der Waals surface area contributed by atoms with E-state index >= 15 is 0 Å². The fourth-order valence-electron chi connectivity index (χ4n) is 3.80. The Morgan fingerprint density at radius 1 is 1.09 bits per heavy atom. The molecule has 0 fully saturated rings. The number of aromatic carboxylic acids is 1. The smallest absolute Gasteiger partial charge is 0.336 e. The van der Waals surface area contributed by atoms with Crippen LogP contribution >= 0.6 is 11.3 Å². The number of nitrogens with zero attached hydrogens (tertiary/aromatic N) is 1. The van der Waals surface area contributed by atoms with E-state index in [-0.39, 0.29) is 27.5 Å². The molecule has 5 N–H and O–H groups in total. The highest BCUT2D eigenvalue weighted by Crippen LogP contribution is 2.33. The van der Waals surface area contributed by atoms with Crippen molar-refractivity contribution in [2.75, 3.05) is 0 Å². The number of H-pyrrole nitrogens is 2. The second-order valence-corrected chi connectivity index (χ2v) is 8.80. The molecule has 1 aromatic carbocycles. The van der Waals surface area contributed by atoms with Gasteiger partial charge in [0.1, 0.15) is 11.5 Å². The summed E-state index contributed by atoms with van der Waals surface area (Å²) < 4.78 is 0. The van der Waals surface area contributed by atoms with Crippen molar-refractivity contribution < 1.29 is 24.6 Å². The summed E-state index contributed by atoms with van der Waals surface area (Å²) in [4.78, 5) is 59.7. The zero-order valence-corrected chi connectivity index (χ0v) is 18.9. The third-order valence-electron chi connectivity index (χ3n) is 5.46. The second-order valence-electron chi connectivity index (χ2n) is 7.68. The quantitative estimate of drug-likeness (QED) is 0.271. The van der Waals surface area contributed by atoms with Crippen molar-refractivity contribution in [1.29, 1.82) is 0 Å². The summed E-state index contributed by atoms with van der Waals surface area (Å²) in [5.41, 5.74) is 0.697. The molecule has 10 nitrogen and oxygen atoms in total. The number of carboxylic acids is 2. The van der Waals surface area contributed by atoms with Crippen molar-refractivity contribution in [1.82, 2.24) is 20.3 Å². The predicted molar refractivity (Wildman–Crippen MR) is 125 cm³/mol. The molecule has 4 rings (SSSR count). The number of nitrogens with one attached hydrogen (secondary N) is 3. The molecule has 0 spiro atoms. The predicted octanol–water partition coefficient (Wildman–Crippen LogP) is 3.03. The van der Waals surface area contributed by atoms with Crippen LogP contribution in [0.1, 0.15) is 60.7 Å². The largest absolute Gasteiger partial charge is 0.479 e. The summed E-state index contributed by atoms with van der Waals surface area (Å²) in [6.07, 6.45) is 1.71. The molecular formula is C23H20N4O6S. The molecule has 0 saturated heterocycles. The van der Waals surface area contributed by atoms with Gasteiger partial charge < -0.3 is 25.5 Å². The van der Waals surface area contributed by atoms with E-state index in [1.807, 2.05) is 6.92 Å². The number of amides is 1. The zero-order chi connectivity index (χ0) is 24.6. The van der Waals surface area contributed by atoms with Crippen LogP contribution in [0, 0.1) is 6.92 Å². The highest BCUT2D eigenvalue weighted by molar-refractivity contribution is 7.14. The molecule has 0 radical (unpaired) electrons. The summed E-state index contributed by atoms with van der Waals surface area (Å²) in [7, 11) is 0. The zero-order valence-electron chi connectivity index (χ0n) is 18.1. The fraction of sp³-hybridized carbons (Fsp3) is 0.174. The molecule has 34 heavy (non-hydrogen) atoms. The first kappa shape index (κ1) is 22.9. The van der Waals surface area contributed by atoms with Gasteiger partial charge >= 0.3 is 11.9 Å². The molecule has 0 aliphatic carbocycles. The van der Waals surface area contributed by atoms with Crippen LogP contribution in [0.4, 0.5) is 0 Å². The number of aliphatic carboxylic acids is 1. The first-order chi connectivity index (χ1) is 16.2. The van der Waals surface area contributed by atoms with Crippen LogP contribution in [0.15, 0.2) is 47.4 Å². The Bertz CT molecular complexity index is 1480. The van der Waals surface area contributed by atoms with Gasteiger partial charge in [-0.15, -0.1) is 11.3 Å². The van der Waals surface area contributed by atoms with Gasteiger partial charge in [-0.3, -0.25) is 9.59 Å². The van der Waals surface area contributed by atoms with E-state index < -0.39 is 23.9 Å². The van der Waals surface area contributed by atoms with Crippen LogP contribution in [0.5, 0.6) is 0 Å². The molecule has 4 aromatic rings. The van der Waals surface area contributed by atoms with E-state index in [0.29, 0.717) is 16.9 Å². The molecule has 174 valence electrons. The Labute approximate surface area is 196 Å². The SMILES string of the molecule is Cc1nc2[nH]cc(C(C)c3ccc(C(=O)NC(C(=O)O)c4ccccc4C(=O)O)s3)c2c(=O)[nH]1. The lowest BCUT2D eigenvalue weighted by Crippen LogP contribution is -2.34. The molecule has 0 aliphatic rings. The van der Waals surface area contributed by atoms with Crippen molar-refractivity contribution in [2.45, 2.75) is 25.8 Å². The fourth-order valence-corrected chi connectivity index (χ4v) is 4.78. The molecule has 3 heterocycles. The Hall–Kier alpha value is -4.25. The number of carboxylic acid groups (broad SMARTS) is 2. The van der Waals surface area contributed by atoms with Gasteiger partial charge in [-0.1, -0.05) is 25.1 Å². The first-order valence-corrected chi connectivity index (χ1v) is 11.0. The minimum absolute atomic E-state index is 0.0261. The lowest BCUT2D eigenvalue weighted by atomic mass is 10.00. The highest BCUT2D eigenvalue weighted by Gasteiger charge is 2.28. The number of rotatable bonds is 7. The summed E-state index contributed by atoms with van der Waals surface area (Å²) in [6, 6.07) is 7.39. The van der Waals surface area contributed by atoms with Crippen molar-refractivity contribution in [3.63, 3.8) is 0 Å². The molecule has 0 aliphatic heterocycles. The van der Waals surface area contributed by atoms with E-state index in [4.69, 9.17) is 0 Å². The van der Waals surface area contributed by atoms with E-state index in [2.05, 4.69) is 20.3 Å². The molecule has 0 saturated carbocycles. The van der Waals surface area contributed by atoms with Gasteiger partial charge in [0.2, 0.25) is 0 Å². The van der Waals surface area contributed by atoms with Gasteiger partial charge in [0.05, 0.1) is 15.8 Å². The number of hydrogen-bond acceptors (Lipinski definition) is 6. The standard InChI is InChI=1S/C23H20N4O6S/c1-10(14-9-24-19-17(14)21(29)26-11(2)25-19)15-7-8-16(34-15)20(28)27-18(23(32)33)12-5-3-4-6-13(12)22(30)31/h3-10,18H,1-2H3,(H,27,28)(H,30,31)(H,32,33)(H2,24,25,26,29). The maximum absolute atomic E-state index is 12.9. The minimum Gasteiger partial charge on any atom is -0.479 e. The maximum atomic E-state index is 12.9. The maximum Gasteiger partial charge on any atom is 0.336 e. The van der Waals surface area contributed by atoms with Gasteiger partial charge in [-0.2, -0.15) is 0 Å². The minimum atomic E-state index is -1.54. The van der Waals surface area contributed by atoms with Gasteiger partial charge in [0.15, 0.2) is 6.04 Å². The Kier molecular flexibility index (Phi) is 6.03. The van der Waals surface area contributed by atoms with Crippen molar-refractivity contribution in [3.05, 3.63) is 85.2 Å². The van der Waals surface area contributed by atoms with Crippen molar-refractivity contribution in [3.8, 4) is 0 Å². The molecule has 11 heteroatoms. The van der Waals surface area contributed by atoms with E-state index in [1.54, 1.807) is 25.3 Å². The van der Waals surface area contributed by atoms with E-state index in [0.717, 1.165) is 21.8 Å². The molecule has 2 unspecified atom stereocenters. The van der Waals surface area contributed by atoms with Gasteiger partial charge in [0, 0.05) is 22.6 Å². The normalized spacial score (nSPS) is 12.9. The topological polar surface area (TPSA) is 165 Å². The highest BCUT2D eigenvalue weighted by atomic mass is 32.1. The Morgan fingerprint density at radius 3 is 2.53 bits per heavy atom. The summed E-state index contributed by atoms with van der Waals surface area (Å²) in [5.74, 6) is -3.07. The number of carbonyl (C=O) groups is 3. The number of aryl methyl sites for hydroxylation is 1. The molecule has 3 aromatic heterocycles. The Morgan fingerprint density at radius 2 is 1.82 bits per heavy atom. The van der Waals surface area contributed by atoms with Crippen LogP contribution < -0.4 is 10.9 Å². The summed E-state index contributed by atoms with van der Waals surface area (Å²) >= 11 is 1.16. The van der Waals surface area contributed by atoms with Crippen LogP contribution in [0.2, 0.25) is 0 Å². The van der Waals surface area contributed by atoms with Crippen molar-refractivity contribution >= 4 is 40.2 Å². The van der Waals surface area contributed by atoms with Crippen LogP contribution in [-0.2, 0) is 4.79 Å². The second kappa shape index (κ2) is 8.94. The summed E-state index contributed by atoms with van der Waals surface area (Å²) in [5, 5.41) is 21.9. The third kappa shape index (κ3) is 4.20. The number of hydrogen-bond donors (Lipinski definition) is 5. The average molecular weight is 481 g/mol. The number of thiophene rings is 1. The van der Waals surface area contributed by atoms with E-state index in [1.165, 1.54) is 24.3 Å². The molecule has 0 bridgehead atoms. The summed E-state index contributed by atoms with van der Waals surface area (Å²) in [6.45, 7) is 3.58. The average Bonchev–Trinajstić information content (AvgIpc) is 3.44. The number of carbonyl (C=O) groups excluding carboxylic acids is 1. The lowest BCUT2D eigenvalue weighted by molar-refractivity contribution is -0.139. The van der Waals surface area contributed by atoms with Crippen LogP contribution in [-0.4, -0.2) is 43.0 Å². The number of aromatic amines is 2. The molecular weight excluding hydrogens is 460 g/mol. The van der Waals surface area contributed by atoms with Gasteiger partial charge in [-0.05, 0) is 30.7 Å². The van der Waals surface area contributed by atoms with Crippen LogP contribution in [0.3, 0.4) is 0 Å². The number of aromatic nitrogens is 3. The molecule has 1 amide bonds.